The highest BCUT2D eigenvalue weighted by atomic mass is 32.1. The second-order valence-corrected chi connectivity index (χ2v) is 8.87. The van der Waals surface area contributed by atoms with Crippen LogP contribution in [0.15, 0.2) is 91.0 Å². The van der Waals surface area contributed by atoms with E-state index in [0.717, 1.165) is 50.5 Å². The molecule has 4 aromatic carbocycles. The normalized spacial score (nSPS) is 12.1. The van der Waals surface area contributed by atoms with Gasteiger partial charge in [-0.2, -0.15) is 4.37 Å². The maximum atomic E-state index is 6.17. The highest BCUT2D eigenvalue weighted by molar-refractivity contribution is 7.09. The molecule has 0 fully saturated rings. The van der Waals surface area contributed by atoms with Gasteiger partial charge in [-0.15, -0.1) is 0 Å². The molecule has 0 atom stereocenters. The van der Waals surface area contributed by atoms with E-state index in [0.29, 0.717) is 0 Å². The molecule has 0 aliphatic carbocycles. The van der Waals surface area contributed by atoms with E-state index in [9.17, 15) is 0 Å². The Morgan fingerprint density at radius 2 is 1.30 bits per heavy atom. The maximum Gasteiger partial charge on any atom is 0.173 e. The van der Waals surface area contributed by atoms with Crippen LogP contribution in [0.5, 0.6) is 11.5 Å². The van der Waals surface area contributed by atoms with Crippen molar-refractivity contribution in [1.29, 1.82) is 0 Å². The maximum absolute atomic E-state index is 6.17. The van der Waals surface area contributed by atoms with Crippen molar-refractivity contribution in [3.8, 4) is 33.5 Å². The lowest BCUT2D eigenvalue weighted by Gasteiger charge is -2.33. The van der Waals surface area contributed by atoms with Gasteiger partial charge in [0.1, 0.15) is 5.01 Å². The van der Waals surface area contributed by atoms with Gasteiger partial charge in [0.2, 0.25) is 0 Å². The summed E-state index contributed by atoms with van der Waals surface area (Å²) in [6, 6.07) is 30.9. The van der Waals surface area contributed by atoms with Crippen molar-refractivity contribution in [2.24, 2.45) is 0 Å². The van der Waals surface area contributed by atoms with Gasteiger partial charge >= 0.3 is 0 Å². The van der Waals surface area contributed by atoms with Gasteiger partial charge in [0.25, 0.3) is 0 Å². The molecule has 6 rings (SSSR count). The molecule has 160 valence electrons. The number of anilines is 3. The van der Waals surface area contributed by atoms with Gasteiger partial charge < -0.3 is 9.64 Å². The van der Waals surface area contributed by atoms with E-state index in [1.807, 2.05) is 66.7 Å². The Labute approximate surface area is 196 Å². The van der Waals surface area contributed by atoms with Crippen LogP contribution in [0.3, 0.4) is 0 Å². The van der Waals surface area contributed by atoms with E-state index >= 15 is 0 Å². The lowest BCUT2D eigenvalue weighted by Crippen LogP contribution is -2.16. The molecule has 33 heavy (non-hydrogen) atoms. The Hall–Kier alpha value is -3.96. The van der Waals surface area contributed by atoms with Crippen LogP contribution in [0.1, 0.15) is 11.1 Å². The number of hydrogen-bond acceptors (Lipinski definition) is 5. The second kappa shape index (κ2) is 7.87. The molecule has 0 unspecified atom stereocenters. The first-order valence-electron chi connectivity index (χ1n) is 10.9. The highest BCUT2D eigenvalue weighted by Gasteiger charge is 2.26. The molecule has 5 heteroatoms. The minimum Gasteiger partial charge on any atom is -0.453 e. The van der Waals surface area contributed by atoms with Crippen LogP contribution in [0.4, 0.5) is 17.1 Å². The predicted molar refractivity (Wildman–Crippen MR) is 135 cm³/mol. The molecule has 0 saturated heterocycles. The van der Waals surface area contributed by atoms with E-state index in [4.69, 9.17) is 9.72 Å². The summed E-state index contributed by atoms with van der Waals surface area (Å²) in [6.07, 6.45) is 0. The van der Waals surface area contributed by atoms with Gasteiger partial charge in [-0.25, -0.2) is 4.98 Å². The number of aryl methyl sites for hydroxylation is 2. The standard InChI is InChI=1S/C28H21N3OS/c1-18-16-21(31-22-12-6-8-14-24(22)32-25-15-9-7-13-23(25)31)17-19(2)26(18)28-29-27(30-33-28)20-10-4-3-5-11-20/h3-17H,1-2H3. The molecule has 0 amide bonds. The van der Waals surface area contributed by atoms with Crippen molar-refractivity contribution < 1.29 is 4.74 Å². The minimum atomic E-state index is 0.773. The molecule has 0 bridgehead atoms. The van der Waals surface area contributed by atoms with E-state index in [1.165, 1.54) is 22.7 Å². The SMILES string of the molecule is Cc1cc(N2c3ccccc3Oc3ccccc32)cc(C)c1-c1nc(-c2ccccc2)ns1. The molecule has 0 N–H and O–H groups in total. The van der Waals surface area contributed by atoms with Gasteiger partial charge in [0.15, 0.2) is 17.3 Å². The van der Waals surface area contributed by atoms with E-state index in [-0.39, 0.29) is 0 Å². The average Bonchev–Trinajstić information content (AvgIpc) is 3.32. The number of benzene rings is 4. The van der Waals surface area contributed by atoms with E-state index < -0.39 is 0 Å². The Balaban J connectivity index is 1.46. The van der Waals surface area contributed by atoms with Crippen LogP contribution in [-0.2, 0) is 0 Å². The van der Waals surface area contributed by atoms with Crippen molar-refractivity contribution in [2.45, 2.75) is 13.8 Å². The molecule has 5 aromatic rings. The molecule has 0 spiro atoms. The van der Waals surface area contributed by atoms with Crippen molar-refractivity contribution >= 4 is 28.6 Å². The molecule has 1 aliphatic rings. The van der Waals surface area contributed by atoms with Crippen LogP contribution < -0.4 is 9.64 Å². The summed E-state index contributed by atoms with van der Waals surface area (Å²) in [5.41, 5.74) is 7.69. The number of rotatable bonds is 3. The average molecular weight is 448 g/mol. The van der Waals surface area contributed by atoms with Crippen LogP contribution in [0.2, 0.25) is 0 Å². The molecule has 1 aliphatic heterocycles. The molecule has 2 heterocycles. The monoisotopic (exact) mass is 447 g/mol. The Morgan fingerprint density at radius 1 is 0.727 bits per heavy atom. The van der Waals surface area contributed by atoms with Gasteiger partial charge in [-0.05, 0) is 72.9 Å². The van der Waals surface area contributed by atoms with Crippen LogP contribution >= 0.6 is 11.5 Å². The van der Waals surface area contributed by atoms with Gasteiger partial charge in [0.05, 0.1) is 11.4 Å². The number of nitrogens with zero attached hydrogens (tertiary/aromatic N) is 3. The smallest absolute Gasteiger partial charge is 0.173 e. The first-order valence-corrected chi connectivity index (χ1v) is 11.6. The van der Waals surface area contributed by atoms with Gasteiger partial charge in [0, 0.05) is 16.8 Å². The number of ether oxygens (including phenoxy) is 1. The third-order valence-electron chi connectivity index (χ3n) is 5.88. The third kappa shape index (κ3) is 3.38. The molecule has 4 nitrogen and oxygen atoms in total. The lowest BCUT2D eigenvalue weighted by molar-refractivity contribution is 0.477. The fourth-order valence-corrected chi connectivity index (χ4v) is 5.28. The van der Waals surface area contributed by atoms with E-state index in [1.54, 1.807) is 0 Å². The highest BCUT2D eigenvalue weighted by Crippen LogP contribution is 2.50. The number of hydrogen-bond donors (Lipinski definition) is 0. The number of aromatic nitrogens is 2. The summed E-state index contributed by atoms with van der Waals surface area (Å²) in [5, 5.41) is 0.943. The summed E-state index contributed by atoms with van der Waals surface area (Å²) in [6.45, 7) is 4.29. The zero-order chi connectivity index (χ0) is 22.4. The molecular formula is C28H21N3OS. The summed E-state index contributed by atoms with van der Waals surface area (Å²) >= 11 is 1.45. The number of para-hydroxylation sites is 4. The van der Waals surface area contributed by atoms with Crippen molar-refractivity contribution in [3.63, 3.8) is 0 Å². The molecule has 0 radical (unpaired) electrons. The first-order chi connectivity index (χ1) is 16.2. The van der Waals surface area contributed by atoms with Crippen LogP contribution in [0.25, 0.3) is 22.0 Å². The molecular weight excluding hydrogens is 426 g/mol. The Bertz CT molecular complexity index is 1410. The molecule has 0 saturated carbocycles. The zero-order valence-electron chi connectivity index (χ0n) is 18.3. The molecule has 1 aromatic heterocycles. The second-order valence-electron chi connectivity index (χ2n) is 8.12. The fraction of sp³-hybridized carbons (Fsp3) is 0.0714. The van der Waals surface area contributed by atoms with Crippen molar-refractivity contribution in [2.75, 3.05) is 4.90 Å². The zero-order valence-corrected chi connectivity index (χ0v) is 19.1. The van der Waals surface area contributed by atoms with Crippen molar-refractivity contribution in [3.05, 3.63) is 102 Å². The Morgan fingerprint density at radius 3 is 1.94 bits per heavy atom. The third-order valence-corrected chi connectivity index (χ3v) is 6.61. The summed E-state index contributed by atoms with van der Waals surface area (Å²) < 4.78 is 10.8. The summed E-state index contributed by atoms with van der Waals surface area (Å²) in [7, 11) is 0. The first kappa shape index (κ1) is 19.7. The summed E-state index contributed by atoms with van der Waals surface area (Å²) in [5.74, 6) is 2.48. The quantitative estimate of drug-likeness (QED) is 0.275. The van der Waals surface area contributed by atoms with Crippen molar-refractivity contribution in [1.82, 2.24) is 9.36 Å². The van der Waals surface area contributed by atoms with Crippen LogP contribution in [-0.4, -0.2) is 9.36 Å². The largest absolute Gasteiger partial charge is 0.453 e. The Kier molecular flexibility index (Phi) is 4.70. The number of fused-ring (bicyclic) bond motifs is 2. The van der Waals surface area contributed by atoms with E-state index in [2.05, 4.69) is 47.4 Å². The van der Waals surface area contributed by atoms with Gasteiger partial charge in [-0.3, -0.25) is 0 Å². The summed E-state index contributed by atoms with van der Waals surface area (Å²) in [4.78, 5) is 7.13. The van der Waals surface area contributed by atoms with Crippen LogP contribution in [0, 0.1) is 13.8 Å². The fourth-order valence-electron chi connectivity index (χ4n) is 4.42. The predicted octanol–water partition coefficient (Wildman–Crippen LogP) is 8.06. The van der Waals surface area contributed by atoms with Gasteiger partial charge in [-0.1, -0.05) is 54.6 Å². The topological polar surface area (TPSA) is 38.2 Å². The lowest BCUT2D eigenvalue weighted by atomic mass is 10.0. The minimum absolute atomic E-state index is 0.773.